The van der Waals surface area contributed by atoms with Gasteiger partial charge in [-0.15, -0.1) is 0 Å². The summed E-state index contributed by atoms with van der Waals surface area (Å²) in [4.78, 5) is 24.5. The van der Waals surface area contributed by atoms with Crippen LogP contribution in [0.1, 0.15) is 78.1 Å². The van der Waals surface area contributed by atoms with Gasteiger partial charge in [0.25, 0.3) is 11.6 Å². The maximum Gasteiger partial charge on any atom is 0.410 e. The predicted octanol–water partition coefficient (Wildman–Crippen LogP) is 9.96. The minimum atomic E-state index is -4.63. The Hall–Kier alpha value is -4.10. The maximum atomic E-state index is 14.2. The number of alkyl halides is 3. The number of ether oxygens (including phenoxy) is 1. The monoisotopic (exact) mass is 717 g/mol. The second kappa shape index (κ2) is 13.0. The number of hydrogen-bond acceptors (Lipinski definition) is 6. The molecule has 4 aromatic rings. The number of benzene rings is 3. The van der Waals surface area contributed by atoms with Crippen molar-refractivity contribution in [3.8, 4) is 11.5 Å². The molecule has 2 heterocycles. The van der Waals surface area contributed by atoms with Crippen molar-refractivity contribution in [3.05, 3.63) is 103 Å². The van der Waals surface area contributed by atoms with E-state index in [1.165, 1.54) is 18.2 Å². The third-order valence-electron chi connectivity index (χ3n) is 8.30. The number of carbonyl (C=O) groups excluding carboxylic acids is 1. The van der Waals surface area contributed by atoms with Crippen molar-refractivity contribution >= 4 is 50.6 Å². The summed E-state index contributed by atoms with van der Waals surface area (Å²) in [6, 6.07) is 14.5. The second-order valence-electron chi connectivity index (χ2n) is 11.4. The van der Waals surface area contributed by atoms with Crippen LogP contribution < -0.4 is 15.4 Å². The zero-order chi connectivity index (χ0) is 32.6. The van der Waals surface area contributed by atoms with Crippen LogP contribution in [0.2, 0.25) is 5.02 Å². The molecule has 3 aromatic carbocycles. The molecule has 0 saturated heterocycles. The molecule has 2 unspecified atom stereocenters. The number of non-ortho nitro benzene ring substituents is 1. The lowest BCUT2D eigenvalue weighted by molar-refractivity contribution is -0.384. The maximum absolute atomic E-state index is 14.2. The quantitative estimate of drug-likeness (QED) is 0.145. The Kier molecular flexibility index (Phi) is 8.97. The molecule has 9 nitrogen and oxygen atoms in total. The molecule has 1 aromatic heterocycles. The first-order valence-corrected chi connectivity index (χ1v) is 15.9. The number of hydrogen-bond donors (Lipinski definition) is 2. The molecule has 1 amide bonds. The number of fused-ring (bicyclic) bond motifs is 1. The van der Waals surface area contributed by atoms with Gasteiger partial charge in [-0.2, -0.15) is 18.3 Å². The normalized spacial score (nSPS) is 18.4. The molecule has 1 saturated carbocycles. The first-order chi connectivity index (χ1) is 21.9. The number of carbonyl (C=O) groups is 1. The predicted molar refractivity (Wildman–Crippen MR) is 171 cm³/mol. The first-order valence-electron chi connectivity index (χ1n) is 14.7. The number of nitrogens with zero attached hydrogens (tertiary/aromatic N) is 3. The molecule has 1 aliphatic carbocycles. The minimum Gasteiger partial charge on any atom is -0.457 e. The largest absolute Gasteiger partial charge is 0.457 e. The van der Waals surface area contributed by atoms with Crippen molar-refractivity contribution in [2.24, 2.45) is 0 Å². The van der Waals surface area contributed by atoms with E-state index >= 15 is 0 Å². The lowest BCUT2D eigenvalue weighted by Crippen LogP contribution is -2.35. The van der Waals surface area contributed by atoms with Gasteiger partial charge in [0, 0.05) is 34.1 Å². The van der Waals surface area contributed by atoms with E-state index in [-0.39, 0.29) is 41.0 Å². The fourth-order valence-corrected chi connectivity index (χ4v) is 6.53. The number of nitro groups is 1. The average molecular weight is 719 g/mol. The third-order valence-corrected chi connectivity index (χ3v) is 9.06. The van der Waals surface area contributed by atoms with Crippen LogP contribution in [0.3, 0.4) is 0 Å². The van der Waals surface area contributed by atoms with Gasteiger partial charge in [-0.3, -0.25) is 14.9 Å². The summed E-state index contributed by atoms with van der Waals surface area (Å²) in [6.45, 7) is 0. The van der Waals surface area contributed by atoms with E-state index in [2.05, 4.69) is 31.7 Å². The molecule has 2 aliphatic rings. The van der Waals surface area contributed by atoms with Gasteiger partial charge in [0.2, 0.25) is 0 Å². The second-order valence-corrected chi connectivity index (χ2v) is 12.8. The Bertz CT molecular complexity index is 1780. The van der Waals surface area contributed by atoms with E-state index < -0.39 is 29.1 Å². The average Bonchev–Trinajstić information content (AvgIpc) is 3.46. The topological polar surface area (TPSA) is 111 Å². The number of nitrogens with one attached hydrogen (secondary N) is 2. The smallest absolute Gasteiger partial charge is 0.410 e. The molecule has 2 N–H and O–H groups in total. The lowest BCUT2D eigenvalue weighted by Gasteiger charge is -2.33. The van der Waals surface area contributed by atoms with Crippen LogP contribution in [-0.2, 0) is 0 Å². The number of anilines is 2. The van der Waals surface area contributed by atoms with Gasteiger partial charge in [0.15, 0.2) is 11.7 Å². The molecular formula is C32H28BrClF3N5O4. The molecule has 46 heavy (non-hydrogen) atoms. The molecule has 6 rings (SSSR count). The summed E-state index contributed by atoms with van der Waals surface area (Å²) < 4.78 is 50.2. The standard InChI is InChI=1S/C32H28BrClF3N5O4/c33-20-8-6-19(7-9-20)26-16-29(32(35,36)37)41-30(39-26)17-27(40-41)31(43)38-22-13-23(42(44)45)15-24(14-22)46-28-11-10-21(34)12-25(28)18-4-2-1-3-5-18/h6-15,17-18,26,29,39H,1-5,16H2,(H,38,43). The van der Waals surface area contributed by atoms with Crippen LogP contribution in [-0.4, -0.2) is 26.8 Å². The van der Waals surface area contributed by atoms with Crippen LogP contribution in [0, 0.1) is 10.1 Å². The number of aromatic nitrogens is 2. The van der Waals surface area contributed by atoms with Gasteiger partial charge < -0.3 is 15.4 Å². The van der Waals surface area contributed by atoms with Crippen LogP contribution in [0.5, 0.6) is 11.5 Å². The Balaban J connectivity index is 1.27. The fraction of sp³-hybridized carbons (Fsp3) is 0.312. The van der Waals surface area contributed by atoms with Crippen LogP contribution in [0.15, 0.2) is 71.2 Å². The third kappa shape index (κ3) is 7.00. The Morgan fingerprint density at radius 2 is 1.80 bits per heavy atom. The summed E-state index contributed by atoms with van der Waals surface area (Å²) in [6.07, 6.45) is 0.274. The van der Waals surface area contributed by atoms with Gasteiger partial charge in [-0.1, -0.05) is 58.9 Å². The van der Waals surface area contributed by atoms with Crippen LogP contribution >= 0.6 is 27.5 Å². The van der Waals surface area contributed by atoms with Crippen molar-refractivity contribution in [1.82, 2.24) is 9.78 Å². The van der Waals surface area contributed by atoms with Crippen LogP contribution in [0.4, 0.5) is 30.4 Å². The van der Waals surface area contributed by atoms with Gasteiger partial charge in [-0.05, 0) is 60.2 Å². The summed E-state index contributed by atoms with van der Waals surface area (Å²) in [7, 11) is 0. The van der Waals surface area contributed by atoms with E-state index in [1.54, 1.807) is 36.4 Å². The molecule has 2 atom stereocenters. The summed E-state index contributed by atoms with van der Waals surface area (Å²) in [5, 5.41) is 21.9. The summed E-state index contributed by atoms with van der Waals surface area (Å²) in [5.74, 6) is 0.00714. The number of amides is 1. The van der Waals surface area contributed by atoms with Crippen molar-refractivity contribution < 1.29 is 27.6 Å². The molecule has 14 heteroatoms. The molecule has 0 spiro atoms. The highest BCUT2D eigenvalue weighted by Crippen LogP contribution is 2.44. The van der Waals surface area contributed by atoms with Crippen molar-refractivity contribution in [1.29, 1.82) is 0 Å². The highest BCUT2D eigenvalue weighted by Gasteiger charge is 2.47. The van der Waals surface area contributed by atoms with Crippen molar-refractivity contribution in [2.45, 2.75) is 62.7 Å². The van der Waals surface area contributed by atoms with E-state index in [1.807, 2.05) is 6.07 Å². The van der Waals surface area contributed by atoms with E-state index in [0.717, 1.165) is 52.9 Å². The molecule has 0 radical (unpaired) electrons. The van der Waals surface area contributed by atoms with Crippen molar-refractivity contribution in [3.63, 3.8) is 0 Å². The summed E-state index contributed by atoms with van der Waals surface area (Å²) in [5.41, 5.74) is 0.926. The molecule has 1 aliphatic heterocycles. The zero-order valence-electron chi connectivity index (χ0n) is 24.2. The molecule has 0 bridgehead atoms. The number of rotatable bonds is 7. The first kappa shape index (κ1) is 31.9. The van der Waals surface area contributed by atoms with E-state index in [0.29, 0.717) is 16.3 Å². The van der Waals surface area contributed by atoms with E-state index in [9.17, 15) is 28.1 Å². The Morgan fingerprint density at radius 1 is 1.07 bits per heavy atom. The van der Waals surface area contributed by atoms with Gasteiger partial charge in [-0.25, -0.2) is 4.68 Å². The van der Waals surface area contributed by atoms with Gasteiger partial charge in [0.1, 0.15) is 17.3 Å². The highest BCUT2D eigenvalue weighted by molar-refractivity contribution is 9.10. The fourth-order valence-electron chi connectivity index (χ4n) is 6.08. The zero-order valence-corrected chi connectivity index (χ0v) is 26.5. The van der Waals surface area contributed by atoms with Crippen molar-refractivity contribution in [2.75, 3.05) is 10.6 Å². The summed E-state index contributed by atoms with van der Waals surface area (Å²) >= 11 is 9.63. The minimum absolute atomic E-state index is 0.0152. The molecule has 1 fully saturated rings. The van der Waals surface area contributed by atoms with E-state index in [4.69, 9.17) is 16.3 Å². The molecular weight excluding hydrogens is 691 g/mol. The Morgan fingerprint density at radius 3 is 2.50 bits per heavy atom. The number of halogens is 5. The van der Waals surface area contributed by atoms with Gasteiger partial charge in [0.05, 0.1) is 22.7 Å². The van der Waals surface area contributed by atoms with Gasteiger partial charge >= 0.3 is 6.18 Å². The molecule has 240 valence electrons. The SMILES string of the molecule is O=C(Nc1cc(Oc2ccc(Cl)cc2C2CCCCC2)cc([N+](=O)[O-])c1)c1cc2n(n1)C(C(F)(F)F)CC(c1ccc(Br)cc1)N2. The van der Waals surface area contributed by atoms with Crippen LogP contribution in [0.25, 0.3) is 0 Å². The lowest BCUT2D eigenvalue weighted by atomic mass is 9.84. The highest BCUT2D eigenvalue weighted by atomic mass is 79.9. The Labute approximate surface area is 275 Å². The number of nitro benzene ring substituents is 1.